The maximum Gasteiger partial charge on any atom is 0.408 e. The molecule has 0 aliphatic rings. The van der Waals surface area contributed by atoms with Gasteiger partial charge in [0.2, 0.25) is 5.88 Å². The maximum absolute atomic E-state index is 11.7. The van der Waals surface area contributed by atoms with E-state index in [1.165, 1.54) is 25.4 Å². The van der Waals surface area contributed by atoms with Crippen LogP contribution in [0.4, 0.5) is 4.79 Å². The van der Waals surface area contributed by atoms with Crippen LogP contribution in [0.5, 0.6) is 5.88 Å². The van der Waals surface area contributed by atoms with Crippen LogP contribution in [0, 0.1) is 0 Å². The average molecular weight is 312 g/mol. The summed E-state index contributed by atoms with van der Waals surface area (Å²) in [5, 5.41) is 21.4. The fraction of sp³-hybridized carbons (Fsp3) is 0.500. The van der Waals surface area contributed by atoms with Crippen LogP contribution in [0.2, 0.25) is 0 Å². The molecule has 0 aliphatic carbocycles. The van der Waals surface area contributed by atoms with Crippen LogP contribution in [-0.2, 0) is 9.53 Å². The van der Waals surface area contributed by atoms with Gasteiger partial charge in [-0.05, 0) is 26.8 Å². The van der Waals surface area contributed by atoms with Crippen molar-refractivity contribution in [3.05, 3.63) is 23.9 Å². The summed E-state index contributed by atoms with van der Waals surface area (Å²) < 4.78 is 9.86. The van der Waals surface area contributed by atoms with Crippen LogP contribution in [0.1, 0.15) is 32.4 Å². The Hall–Kier alpha value is -2.35. The predicted octanol–water partition coefficient (Wildman–Crippen LogP) is 1.10. The molecule has 1 aromatic heterocycles. The molecule has 0 bridgehead atoms. The van der Waals surface area contributed by atoms with Crippen LogP contribution in [0.15, 0.2) is 18.3 Å². The minimum atomic E-state index is -1.56. The molecular weight excluding hydrogens is 292 g/mol. The Kier molecular flexibility index (Phi) is 5.69. The Bertz CT molecular complexity index is 523. The van der Waals surface area contributed by atoms with Crippen LogP contribution in [-0.4, -0.2) is 46.0 Å². The smallest absolute Gasteiger partial charge is 0.408 e. The molecule has 0 radical (unpaired) electrons. The minimum Gasteiger partial charge on any atom is -0.481 e. The van der Waals surface area contributed by atoms with E-state index in [-0.39, 0.29) is 5.56 Å². The second-order valence-electron chi connectivity index (χ2n) is 5.54. The highest BCUT2D eigenvalue weighted by atomic mass is 16.6. The van der Waals surface area contributed by atoms with Crippen molar-refractivity contribution >= 4 is 12.1 Å². The maximum atomic E-state index is 11.7. The molecule has 0 spiro atoms. The number of carbonyl (C=O) groups excluding carboxylic acids is 1. The number of aliphatic carboxylic acids is 1. The van der Waals surface area contributed by atoms with Gasteiger partial charge in [-0.2, -0.15) is 0 Å². The first-order valence-electron chi connectivity index (χ1n) is 6.54. The first-order valence-corrected chi connectivity index (χ1v) is 6.54. The highest BCUT2D eigenvalue weighted by molar-refractivity contribution is 5.80. The van der Waals surface area contributed by atoms with Crippen molar-refractivity contribution in [1.82, 2.24) is 10.3 Å². The van der Waals surface area contributed by atoms with Crippen molar-refractivity contribution in [3.63, 3.8) is 0 Å². The second kappa shape index (κ2) is 7.08. The molecule has 0 fully saturated rings. The number of carboxylic acid groups (broad SMARTS) is 1. The van der Waals surface area contributed by atoms with Gasteiger partial charge >= 0.3 is 12.1 Å². The number of rotatable bonds is 5. The van der Waals surface area contributed by atoms with Gasteiger partial charge in [-0.15, -0.1) is 0 Å². The summed E-state index contributed by atoms with van der Waals surface area (Å²) in [5.74, 6) is -1.07. The van der Waals surface area contributed by atoms with E-state index in [1.807, 2.05) is 0 Å². The van der Waals surface area contributed by atoms with Gasteiger partial charge in [0.1, 0.15) is 11.7 Å². The minimum absolute atomic E-state index is 0.226. The van der Waals surface area contributed by atoms with Crippen molar-refractivity contribution in [2.75, 3.05) is 7.11 Å². The third-order valence-corrected chi connectivity index (χ3v) is 2.56. The first kappa shape index (κ1) is 17.7. The molecule has 8 heteroatoms. The van der Waals surface area contributed by atoms with Gasteiger partial charge in [0, 0.05) is 17.8 Å². The number of alkyl carbamates (subject to hydrolysis) is 1. The number of amides is 1. The lowest BCUT2D eigenvalue weighted by Crippen LogP contribution is -2.46. The number of methoxy groups -OCH3 is 1. The zero-order valence-electron chi connectivity index (χ0n) is 12.9. The van der Waals surface area contributed by atoms with Gasteiger partial charge in [0.25, 0.3) is 0 Å². The van der Waals surface area contributed by atoms with Crippen molar-refractivity contribution in [2.24, 2.45) is 0 Å². The summed E-state index contributed by atoms with van der Waals surface area (Å²) in [6.07, 6.45) is -1.14. The molecule has 0 aromatic carbocycles. The number of aromatic nitrogens is 1. The monoisotopic (exact) mass is 312 g/mol. The molecule has 1 heterocycles. The van der Waals surface area contributed by atoms with E-state index in [9.17, 15) is 19.8 Å². The van der Waals surface area contributed by atoms with Gasteiger partial charge in [-0.25, -0.2) is 14.6 Å². The normalized spacial score (nSPS) is 13.9. The molecule has 3 N–H and O–H groups in total. The number of hydrogen-bond donors (Lipinski definition) is 3. The molecule has 8 nitrogen and oxygen atoms in total. The highest BCUT2D eigenvalue weighted by Crippen LogP contribution is 2.19. The fourth-order valence-corrected chi connectivity index (χ4v) is 1.59. The first-order chi connectivity index (χ1) is 10.1. The molecule has 2 atom stereocenters. The number of hydrogen-bond acceptors (Lipinski definition) is 6. The van der Waals surface area contributed by atoms with Crippen LogP contribution in [0.25, 0.3) is 0 Å². The summed E-state index contributed by atoms with van der Waals surface area (Å²) in [5.41, 5.74) is -0.552. The molecule has 0 saturated heterocycles. The number of nitrogens with zero attached hydrogens (tertiary/aromatic N) is 1. The third kappa shape index (κ3) is 5.21. The molecule has 122 valence electrons. The van der Waals surface area contributed by atoms with E-state index in [1.54, 1.807) is 20.8 Å². The standard InChI is InChI=1S/C14H20N2O6/c1-14(2,3)22-13(20)16-10(12(18)19)11(17)8-5-6-9(21-4)15-7-8/h5-7,10-11,17H,1-4H3,(H,16,20)(H,18,19)/t10-,11-/m1/s1. The number of aliphatic hydroxyl groups is 1. The fourth-order valence-electron chi connectivity index (χ4n) is 1.59. The summed E-state index contributed by atoms with van der Waals surface area (Å²) in [4.78, 5) is 26.8. The predicted molar refractivity (Wildman–Crippen MR) is 76.5 cm³/mol. The van der Waals surface area contributed by atoms with E-state index in [0.29, 0.717) is 5.88 Å². The topological polar surface area (TPSA) is 118 Å². The van der Waals surface area contributed by atoms with E-state index in [0.717, 1.165) is 0 Å². The number of nitrogens with one attached hydrogen (secondary N) is 1. The Labute approximate surface area is 128 Å². The average Bonchev–Trinajstić information content (AvgIpc) is 2.42. The molecule has 1 amide bonds. The lowest BCUT2D eigenvalue weighted by atomic mass is 10.0. The molecule has 22 heavy (non-hydrogen) atoms. The Morgan fingerprint density at radius 2 is 1.95 bits per heavy atom. The third-order valence-electron chi connectivity index (χ3n) is 2.56. The van der Waals surface area contributed by atoms with Crippen LogP contribution < -0.4 is 10.1 Å². The molecule has 0 aliphatic heterocycles. The molecular formula is C14H20N2O6. The lowest BCUT2D eigenvalue weighted by molar-refractivity contribution is -0.142. The van der Waals surface area contributed by atoms with Gasteiger partial charge in [0.15, 0.2) is 6.04 Å². The zero-order chi connectivity index (χ0) is 16.9. The molecule has 0 unspecified atom stereocenters. The number of aliphatic hydroxyl groups excluding tert-OH is 1. The number of carbonyl (C=O) groups is 2. The quantitative estimate of drug-likeness (QED) is 0.745. The van der Waals surface area contributed by atoms with E-state index in [4.69, 9.17) is 9.47 Å². The van der Waals surface area contributed by atoms with Gasteiger partial charge in [0.05, 0.1) is 7.11 Å². The van der Waals surface area contributed by atoms with Crippen molar-refractivity contribution in [2.45, 2.75) is 38.5 Å². The number of ether oxygens (including phenoxy) is 2. The Balaban J connectivity index is 2.85. The lowest BCUT2D eigenvalue weighted by Gasteiger charge is -2.24. The zero-order valence-corrected chi connectivity index (χ0v) is 12.9. The van der Waals surface area contributed by atoms with Crippen molar-refractivity contribution in [3.8, 4) is 5.88 Å². The highest BCUT2D eigenvalue weighted by Gasteiger charge is 2.31. The Morgan fingerprint density at radius 3 is 2.36 bits per heavy atom. The van der Waals surface area contributed by atoms with Gasteiger partial charge in [-0.1, -0.05) is 0 Å². The van der Waals surface area contributed by atoms with E-state index >= 15 is 0 Å². The van der Waals surface area contributed by atoms with Gasteiger partial charge < -0.3 is 25.0 Å². The van der Waals surface area contributed by atoms with Crippen molar-refractivity contribution < 1.29 is 29.3 Å². The molecule has 1 aromatic rings. The summed E-state index contributed by atoms with van der Waals surface area (Å²) in [6.45, 7) is 4.94. The largest absolute Gasteiger partial charge is 0.481 e. The Morgan fingerprint density at radius 1 is 1.32 bits per heavy atom. The number of carboxylic acids is 1. The van der Waals surface area contributed by atoms with Crippen LogP contribution >= 0.6 is 0 Å². The molecule has 1 rings (SSSR count). The van der Waals surface area contributed by atoms with Crippen molar-refractivity contribution in [1.29, 1.82) is 0 Å². The molecule has 0 saturated carbocycles. The van der Waals surface area contributed by atoms with E-state index in [2.05, 4.69) is 10.3 Å². The summed E-state index contributed by atoms with van der Waals surface area (Å²) in [7, 11) is 1.43. The van der Waals surface area contributed by atoms with Gasteiger partial charge in [-0.3, -0.25) is 0 Å². The van der Waals surface area contributed by atoms with Crippen LogP contribution in [0.3, 0.4) is 0 Å². The second-order valence-corrected chi connectivity index (χ2v) is 5.54. The summed E-state index contributed by atoms with van der Waals surface area (Å²) in [6, 6.07) is 1.37. The summed E-state index contributed by atoms with van der Waals surface area (Å²) >= 11 is 0. The van der Waals surface area contributed by atoms with E-state index < -0.39 is 29.8 Å². The number of pyridine rings is 1. The SMILES string of the molecule is COc1ccc([C@@H](O)[C@@H](NC(=O)OC(C)(C)C)C(=O)O)cn1.